The van der Waals surface area contributed by atoms with Gasteiger partial charge in [-0.3, -0.25) is 9.36 Å². The molecule has 0 aliphatic rings. The molecule has 5 aromatic rings. The molecule has 0 saturated carbocycles. The van der Waals surface area contributed by atoms with Crippen molar-refractivity contribution in [3.05, 3.63) is 112 Å². The standard InChI is InChI=1S/C28H22N2O3/c1-2-33-28(32)25-23(18-17-19-11-5-3-6-12-19)30(20-13-7-4-8-14-20)27(31)26-24(25)21-15-9-10-16-22(21)29-26/h3-18,29H,2H2,1H3/b18-17+. The summed E-state index contributed by atoms with van der Waals surface area (Å²) in [5.74, 6) is -0.468. The van der Waals surface area contributed by atoms with Crippen LogP contribution < -0.4 is 5.56 Å². The fourth-order valence-electron chi connectivity index (χ4n) is 4.16. The highest BCUT2D eigenvalue weighted by Crippen LogP contribution is 2.31. The number of fused-ring (bicyclic) bond motifs is 3. The minimum Gasteiger partial charge on any atom is -0.462 e. The Hall–Kier alpha value is -4.38. The van der Waals surface area contributed by atoms with E-state index in [4.69, 9.17) is 4.74 Å². The van der Waals surface area contributed by atoms with Crippen LogP contribution in [0.4, 0.5) is 0 Å². The summed E-state index contributed by atoms with van der Waals surface area (Å²) in [4.78, 5) is 30.4. The largest absolute Gasteiger partial charge is 0.462 e. The predicted molar refractivity (Wildman–Crippen MR) is 133 cm³/mol. The lowest BCUT2D eigenvalue weighted by Gasteiger charge is -2.16. The van der Waals surface area contributed by atoms with Crippen LogP contribution in [0.3, 0.4) is 0 Å². The van der Waals surface area contributed by atoms with Gasteiger partial charge in [-0.2, -0.15) is 0 Å². The Labute approximate surface area is 190 Å². The van der Waals surface area contributed by atoms with E-state index in [1.54, 1.807) is 11.5 Å². The zero-order chi connectivity index (χ0) is 22.8. The minimum atomic E-state index is -0.468. The highest BCUT2D eigenvalue weighted by Gasteiger charge is 2.25. The molecular formula is C28H22N2O3. The topological polar surface area (TPSA) is 64.1 Å². The highest BCUT2D eigenvalue weighted by molar-refractivity contribution is 6.18. The number of carbonyl (C=O) groups excluding carboxylic acids is 1. The van der Waals surface area contributed by atoms with Crippen LogP contribution >= 0.6 is 0 Å². The van der Waals surface area contributed by atoms with Crippen LogP contribution in [0.25, 0.3) is 39.6 Å². The van der Waals surface area contributed by atoms with Gasteiger partial charge in [0, 0.05) is 22.0 Å². The molecule has 2 heterocycles. The zero-order valence-corrected chi connectivity index (χ0v) is 18.1. The fraction of sp³-hybridized carbons (Fsp3) is 0.0714. The molecule has 0 bridgehead atoms. The molecule has 162 valence electrons. The van der Waals surface area contributed by atoms with Gasteiger partial charge in [-0.15, -0.1) is 0 Å². The van der Waals surface area contributed by atoms with Gasteiger partial charge in [-0.1, -0.05) is 72.8 Å². The first-order chi connectivity index (χ1) is 16.2. The molecule has 5 rings (SSSR count). The molecule has 0 unspecified atom stereocenters. The lowest BCUT2D eigenvalue weighted by atomic mass is 10.0. The highest BCUT2D eigenvalue weighted by atomic mass is 16.5. The van der Waals surface area contributed by atoms with E-state index in [0.29, 0.717) is 27.8 Å². The maximum Gasteiger partial charge on any atom is 0.340 e. The second-order valence-corrected chi connectivity index (χ2v) is 7.62. The first-order valence-corrected chi connectivity index (χ1v) is 10.8. The molecule has 0 radical (unpaired) electrons. The van der Waals surface area contributed by atoms with Crippen LogP contribution in [0.2, 0.25) is 0 Å². The molecule has 33 heavy (non-hydrogen) atoms. The smallest absolute Gasteiger partial charge is 0.340 e. The Bertz CT molecular complexity index is 1550. The van der Waals surface area contributed by atoms with Crippen LogP contribution in [-0.2, 0) is 4.74 Å². The number of nitrogens with zero attached hydrogens (tertiary/aromatic N) is 1. The van der Waals surface area contributed by atoms with Crippen LogP contribution in [0.1, 0.15) is 28.5 Å². The molecule has 0 saturated heterocycles. The molecule has 0 aliphatic carbocycles. The van der Waals surface area contributed by atoms with Gasteiger partial charge in [-0.05, 0) is 36.8 Å². The van der Waals surface area contributed by atoms with E-state index in [-0.39, 0.29) is 12.2 Å². The summed E-state index contributed by atoms with van der Waals surface area (Å²) >= 11 is 0. The minimum absolute atomic E-state index is 0.229. The number of para-hydroxylation sites is 2. The summed E-state index contributed by atoms with van der Waals surface area (Å²) in [5, 5.41) is 1.39. The molecule has 5 heteroatoms. The second kappa shape index (κ2) is 8.63. The second-order valence-electron chi connectivity index (χ2n) is 7.62. The summed E-state index contributed by atoms with van der Waals surface area (Å²) in [6, 6.07) is 26.7. The van der Waals surface area contributed by atoms with Crippen LogP contribution in [-0.4, -0.2) is 22.1 Å². The normalized spacial score (nSPS) is 11.4. The molecule has 5 nitrogen and oxygen atoms in total. The number of aromatic nitrogens is 2. The first kappa shape index (κ1) is 20.5. The van der Waals surface area contributed by atoms with Gasteiger partial charge in [0.15, 0.2) is 0 Å². The van der Waals surface area contributed by atoms with Crippen LogP contribution in [0, 0.1) is 0 Å². The average molecular weight is 434 g/mol. The number of H-pyrrole nitrogens is 1. The summed E-state index contributed by atoms with van der Waals surface area (Å²) < 4.78 is 7.05. The molecule has 0 fully saturated rings. The fourth-order valence-corrected chi connectivity index (χ4v) is 4.16. The van der Waals surface area contributed by atoms with Crippen molar-refractivity contribution in [3.8, 4) is 5.69 Å². The molecular weight excluding hydrogens is 412 g/mol. The van der Waals surface area contributed by atoms with Crippen LogP contribution in [0.15, 0.2) is 89.7 Å². The Morgan fingerprint density at radius 2 is 1.58 bits per heavy atom. The van der Waals surface area contributed by atoms with Gasteiger partial charge in [-0.25, -0.2) is 4.79 Å². The number of aromatic amines is 1. The van der Waals surface area contributed by atoms with Crippen molar-refractivity contribution < 1.29 is 9.53 Å². The van der Waals surface area contributed by atoms with Crippen molar-refractivity contribution in [2.45, 2.75) is 6.92 Å². The van der Waals surface area contributed by atoms with E-state index in [1.807, 2.05) is 97.1 Å². The van der Waals surface area contributed by atoms with Crippen molar-refractivity contribution in [2.24, 2.45) is 0 Å². The van der Waals surface area contributed by atoms with Crippen molar-refractivity contribution >= 4 is 39.9 Å². The van der Waals surface area contributed by atoms with E-state index in [1.165, 1.54) is 0 Å². The van der Waals surface area contributed by atoms with Gasteiger partial charge in [0.25, 0.3) is 5.56 Å². The third kappa shape index (κ3) is 3.64. The third-order valence-electron chi connectivity index (χ3n) is 5.60. The monoisotopic (exact) mass is 434 g/mol. The average Bonchev–Trinajstić information content (AvgIpc) is 3.24. The SMILES string of the molecule is CCOC(=O)c1c(/C=C/c2ccccc2)n(-c2ccccc2)c(=O)c2[nH]c3ccccc3c12. The number of ether oxygens (including phenoxy) is 1. The number of rotatable bonds is 5. The predicted octanol–water partition coefficient (Wildman–Crippen LogP) is 5.82. The van der Waals surface area contributed by atoms with E-state index in [2.05, 4.69) is 4.98 Å². The maximum atomic E-state index is 13.8. The molecule has 2 aromatic heterocycles. The van der Waals surface area contributed by atoms with Crippen molar-refractivity contribution in [3.63, 3.8) is 0 Å². The maximum absolute atomic E-state index is 13.8. The molecule has 1 N–H and O–H groups in total. The van der Waals surface area contributed by atoms with E-state index in [9.17, 15) is 9.59 Å². The number of hydrogen-bond acceptors (Lipinski definition) is 3. The summed E-state index contributed by atoms with van der Waals surface area (Å²) in [5.41, 5.74) is 3.40. The van der Waals surface area contributed by atoms with Gasteiger partial charge in [0.05, 0.1) is 17.9 Å². The summed E-state index contributed by atoms with van der Waals surface area (Å²) in [6.45, 7) is 2.01. The lowest BCUT2D eigenvalue weighted by molar-refractivity contribution is 0.0528. The molecule has 0 atom stereocenters. The van der Waals surface area contributed by atoms with Gasteiger partial charge in [0.1, 0.15) is 5.52 Å². The lowest BCUT2D eigenvalue weighted by Crippen LogP contribution is -2.25. The molecule has 0 aliphatic heterocycles. The number of benzene rings is 3. The number of esters is 1. The van der Waals surface area contributed by atoms with E-state index < -0.39 is 5.97 Å². The van der Waals surface area contributed by atoms with E-state index >= 15 is 0 Å². The molecule has 3 aromatic carbocycles. The Kier molecular flexibility index (Phi) is 5.37. The number of hydrogen-bond donors (Lipinski definition) is 1. The molecule has 0 amide bonds. The number of nitrogens with one attached hydrogen (secondary N) is 1. The van der Waals surface area contributed by atoms with Gasteiger partial charge in [0.2, 0.25) is 0 Å². The zero-order valence-electron chi connectivity index (χ0n) is 18.1. The van der Waals surface area contributed by atoms with E-state index in [0.717, 1.165) is 16.5 Å². The number of pyridine rings is 1. The number of carbonyl (C=O) groups is 1. The Morgan fingerprint density at radius 3 is 2.30 bits per heavy atom. The quantitative estimate of drug-likeness (QED) is 0.355. The molecule has 0 spiro atoms. The van der Waals surface area contributed by atoms with Crippen molar-refractivity contribution in [2.75, 3.05) is 6.61 Å². The first-order valence-electron chi connectivity index (χ1n) is 10.8. The summed E-state index contributed by atoms with van der Waals surface area (Å²) in [7, 11) is 0. The third-order valence-corrected chi connectivity index (χ3v) is 5.60. The van der Waals surface area contributed by atoms with Crippen molar-refractivity contribution in [1.82, 2.24) is 9.55 Å². The Balaban J connectivity index is 1.94. The van der Waals surface area contributed by atoms with Crippen molar-refractivity contribution in [1.29, 1.82) is 0 Å². The Morgan fingerprint density at radius 1 is 0.909 bits per heavy atom. The van der Waals surface area contributed by atoms with Gasteiger partial charge >= 0.3 is 5.97 Å². The van der Waals surface area contributed by atoms with Gasteiger partial charge < -0.3 is 9.72 Å². The van der Waals surface area contributed by atoms with Crippen LogP contribution in [0.5, 0.6) is 0 Å². The summed E-state index contributed by atoms with van der Waals surface area (Å²) in [6.07, 6.45) is 3.72.